The van der Waals surface area contributed by atoms with Crippen molar-refractivity contribution in [1.29, 1.82) is 0 Å². The third-order valence-electron chi connectivity index (χ3n) is 3.97. The Labute approximate surface area is 130 Å². The number of aromatic amines is 1. The summed E-state index contributed by atoms with van der Waals surface area (Å²) >= 11 is 1.75. The average Bonchev–Trinajstić information content (AvgIpc) is 2.87. The van der Waals surface area contributed by atoms with E-state index in [9.17, 15) is 8.42 Å². The van der Waals surface area contributed by atoms with Crippen molar-refractivity contribution in [2.45, 2.75) is 48.9 Å². The topological polar surface area (TPSA) is 86.9 Å². The summed E-state index contributed by atoms with van der Waals surface area (Å²) in [4.78, 5) is 0. The monoisotopic (exact) mass is 332 g/mol. The molecule has 3 N–H and O–H groups in total. The molecule has 0 saturated heterocycles. The van der Waals surface area contributed by atoms with E-state index in [1.54, 1.807) is 18.0 Å². The van der Waals surface area contributed by atoms with E-state index >= 15 is 0 Å². The van der Waals surface area contributed by atoms with E-state index in [0.717, 1.165) is 25.8 Å². The van der Waals surface area contributed by atoms with Crippen LogP contribution in [0.15, 0.2) is 11.2 Å². The highest BCUT2D eigenvalue weighted by atomic mass is 32.2. The van der Waals surface area contributed by atoms with Gasteiger partial charge in [-0.25, -0.2) is 13.1 Å². The minimum absolute atomic E-state index is 0.0771. The quantitative estimate of drug-likeness (QED) is 0.596. The smallest absolute Gasteiger partial charge is 0.257 e. The van der Waals surface area contributed by atoms with E-state index in [4.69, 9.17) is 0 Å². The maximum Gasteiger partial charge on any atom is 0.257 e. The first-order chi connectivity index (χ1) is 10.0. The highest BCUT2D eigenvalue weighted by Crippen LogP contribution is 2.42. The fourth-order valence-corrected chi connectivity index (χ4v) is 4.64. The summed E-state index contributed by atoms with van der Waals surface area (Å²) in [5.74, 6) is 0. The van der Waals surface area contributed by atoms with Gasteiger partial charge in [-0.1, -0.05) is 13.3 Å². The third kappa shape index (κ3) is 4.00. The molecule has 21 heavy (non-hydrogen) atoms. The lowest BCUT2D eigenvalue weighted by atomic mass is 9.84. The first-order valence-corrected chi connectivity index (χ1v) is 10.0. The van der Waals surface area contributed by atoms with Crippen molar-refractivity contribution in [1.82, 2.24) is 20.2 Å². The summed E-state index contributed by atoms with van der Waals surface area (Å²) in [5.41, 5.74) is 0.683. The summed E-state index contributed by atoms with van der Waals surface area (Å²) in [6, 6.07) is 0. The van der Waals surface area contributed by atoms with Crippen LogP contribution in [0.4, 0.5) is 0 Å². The van der Waals surface area contributed by atoms with E-state index in [1.165, 1.54) is 6.42 Å². The van der Waals surface area contributed by atoms with E-state index in [2.05, 4.69) is 27.2 Å². The molecule has 0 spiro atoms. The molecule has 1 aliphatic carbocycles. The standard InChI is InChI=1S/C13H24N4O2S2/c1-3-7-14-8-11-9-15-17-12(11)21(18,19)16-10-13(20-2)5-4-6-13/h9,14,16H,3-8,10H2,1-2H3,(H,15,17). The Bertz CT molecular complexity index is 547. The van der Waals surface area contributed by atoms with Gasteiger partial charge in [-0.15, -0.1) is 0 Å². The number of aromatic nitrogens is 2. The lowest BCUT2D eigenvalue weighted by Crippen LogP contribution is -2.45. The maximum atomic E-state index is 12.4. The van der Waals surface area contributed by atoms with Crippen LogP contribution in [0.5, 0.6) is 0 Å². The number of nitrogens with one attached hydrogen (secondary N) is 3. The van der Waals surface area contributed by atoms with Crippen LogP contribution in [0, 0.1) is 0 Å². The summed E-state index contributed by atoms with van der Waals surface area (Å²) in [5, 5.41) is 9.87. The van der Waals surface area contributed by atoms with Crippen molar-refractivity contribution in [2.24, 2.45) is 0 Å². The Morgan fingerprint density at radius 2 is 2.24 bits per heavy atom. The molecule has 0 bridgehead atoms. The van der Waals surface area contributed by atoms with Crippen LogP contribution in [-0.2, 0) is 16.6 Å². The van der Waals surface area contributed by atoms with E-state index in [1.807, 2.05) is 6.26 Å². The van der Waals surface area contributed by atoms with Crippen molar-refractivity contribution in [3.05, 3.63) is 11.8 Å². The molecule has 0 aliphatic heterocycles. The third-order valence-corrected chi connectivity index (χ3v) is 6.81. The van der Waals surface area contributed by atoms with Crippen LogP contribution in [0.1, 0.15) is 38.2 Å². The zero-order chi connectivity index (χ0) is 15.3. The predicted molar refractivity (Wildman–Crippen MR) is 85.9 cm³/mol. The first-order valence-electron chi connectivity index (χ1n) is 7.31. The van der Waals surface area contributed by atoms with Gasteiger partial charge >= 0.3 is 0 Å². The van der Waals surface area contributed by atoms with Crippen molar-refractivity contribution < 1.29 is 8.42 Å². The van der Waals surface area contributed by atoms with Gasteiger partial charge < -0.3 is 5.32 Å². The first kappa shape index (κ1) is 16.8. The van der Waals surface area contributed by atoms with Gasteiger partial charge in [0.25, 0.3) is 10.0 Å². The zero-order valence-corrected chi connectivity index (χ0v) is 14.2. The molecule has 0 unspecified atom stereocenters. The molecule has 0 amide bonds. The summed E-state index contributed by atoms with van der Waals surface area (Å²) in [7, 11) is -3.53. The molecule has 0 atom stereocenters. The van der Waals surface area contributed by atoms with Gasteiger partial charge in [0, 0.05) is 23.4 Å². The van der Waals surface area contributed by atoms with Crippen LogP contribution in [-0.4, -0.2) is 42.7 Å². The molecular weight excluding hydrogens is 308 g/mol. The molecule has 1 aromatic rings. The molecule has 1 saturated carbocycles. The second kappa shape index (κ2) is 7.13. The number of hydrogen-bond acceptors (Lipinski definition) is 5. The Morgan fingerprint density at radius 1 is 1.48 bits per heavy atom. The van der Waals surface area contributed by atoms with Gasteiger partial charge in [-0.2, -0.15) is 16.9 Å². The average molecular weight is 332 g/mol. The Hall–Kier alpha value is -0.570. The van der Waals surface area contributed by atoms with Gasteiger partial charge in [-0.05, 0) is 32.1 Å². The minimum atomic E-state index is -3.53. The lowest BCUT2D eigenvalue weighted by Gasteiger charge is -2.40. The molecule has 1 fully saturated rings. The maximum absolute atomic E-state index is 12.4. The molecule has 1 aliphatic rings. The predicted octanol–water partition coefficient (Wildman–Crippen LogP) is 1.47. The number of hydrogen-bond donors (Lipinski definition) is 3. The van der Waals surface area contributed by atoms with Gasteiger partial charge in [-0.3, -0.25) is 5.10 Å². The Morgan fingerprint density at radius 3 is 2.81 bits per heavy atom. The van der Waals surface area contributed by atoms with Crippen molar-refractivity contribution in [2.75, 3.05) is 19.3 Å². The van der Waals surface area contributed by atoms with Crippen LogP contribution in [0.3, 0.4) is 0 Å². The normalized spacial score (nSPS) is 17.6. The fourth-order valence-electron chi connectivity index (χ4n) is 2.38. The number of H-pyrrole nitrogens is 1. The number of nitrogens with zero attached hydrogens (tertiary/aromatic N) is 1. The number of sulfonamides is 1. The zero-order valence-electron chi connectivity index (χ0n) is 12.6. The Balaban J connectivity index is 2.00. The highest BCUT2D eigenvalue weighted by molar-refractivity contribution is 8.00. The fraction of sp³-hybridized carbons (Fsp3) is 0.769. The minimum Gasteiger partial charge on any atom is -0.313 e. The number of rotatable bonds is 9. The van der Waals surface area contributed by atoms with E-state index < -0.39 is 10.0 Å². The Kier molecular flexibility index (Phi) is 5.70. The summed E-state index contributed by atoms with van der Waals surface area (Å²) in [6.45, 7) is 3.92. The molecule has 6 nitrogen and oxygen atoms in total. The van der Waals surface area contributed by atoms with E-state index in [0.29, 0.717) is 18.7 Å². The summed E-state index contributed by atoms with van der Waals surface area (Å²) in [6.07, 6.45) is 7.96. The largest absolute Gasteiger partial charge is 0.313 e. The molecule has 1 heterocycles. The van der Waals surface area contributed by atoms with Crippen LogP contribution in [0.25, 0.3) is 0 Å². The lowest BCUT2D eigenvalue weighted by molar-refractivity contribution is 0.361. The number of thioether (sulfide) groups is 1. The molecule has 0 radical (unpaired) electrons. The second-order valence-corrected chi connectivity index (χ2v) is 8.44. The van der Waals surface area contributed by atoms with Gasteiger partial charge in [0.2, 0.25) is 0 Å². The molecule has 2 rings (SSSR count). The summed E-state index contributed by atoms with van der Waals surface area (Å²) < 4.78 is 27.7. The molecule has 8 heteroatoms. The van der Waals surface area contributed by atoms with Crippen molar-refractivity contribution in [3.8, 4) is 0 Å². The second-order valence-electron chi connectivity index (χ2n) is 5.47. The van der Waals surface area contributed by atoms with E-state index in [-0.39, 0.29) is 9.77 Å². The highest BCUT2D eigenvalue weighted by Gasteiger charge is 2.37. The van der Waals surface area contributed by atoms with Gasteiger partial charge in [0.05, 0.1) is 6.20 Å². The van der Waals surface area contributed by atoms with Crippen molar-refractivity contribution >= 4 is 21.8 Å². The van der Waals surface area contributed by atoms with Gasteiger partial charge in [0.15, 0.2) is 5.03 Å². The van der Waals surface area contributed by atoms with Crippen molar-refractivity contribution in [3.63, 3.8) is 0 Å². The molecule has 1 aromatic heterocycles. The van der Waals surface area contributed by atoms with Gasteiger partial charge in [0.1, 0.15) is 0 Å². The van der Waals surface area contributed by atoms with Crippen LogP contribution >= 0.6 is 11.8 Å². The van der Waals surface area contributed by atoms with Crippen LogP contribution < -0.4 is 10.0 Å². The van der Waals surface area contributed by atoms with Crippen LogP contribution in [0.2, 0.25) is 0 Å². The SMILES string of the molecule is CCCNCc1cn[nH]c1S(=O)(=O)NCC1(SC)CCC1. The molecule has 120 valence electrons. The molecule has 0 aromatic carbocycles. The molecular formula is C13H24N4O2S2.